The standard InChI is InChI=1S/C14H24O6/c1-3-5-7-18-12-11(10(16)9-15)20-14(17)13(12)19-8-6-4-2/h10-11,15-16H,3-9H2,1-2H3/t10-,11+/m0/s1. The van der Waals surface area contributed by atoms with E-state index in [9.17, 15) is 9.90 Å². The Bertz CT molecular complexity index is 339. The molecule has 0 saturated heterocycles. The molecule has 0 amide bonds. The molecule has 1 heterocycles. The topological polar surface area (TPSA) is 85.2 Å². The van der Waals surface area contributed by atoms with E-state index in [0.717, 1.165) is 25.7 Å². The van der Waals surface area contributed by atoms with Gasteiger partial charge < -0.3 is 24.4 Å². The number of carbonyl (C=O) groups is 1. The Hall–Kier alpha value is -1.27. The summed E-state index contributed by atoms with van der Waals surface area (Å²) < 4.78 is 16.0. The highest BCUT2D eigenvalue weighted by Gasteiger charge is 2.41. The van der Waals surface area contributed by atoms with Gasteiger partial charge in [-0.15, -0.1) is 0 Å². The van der Waals surface area contributed by atoms with Gasteiger partial charge in [-0.2, -0.15) is 0 Å². The number of esters is 1. The van der Waals surface area contributed by atoms with Gasteiger partial charge in [0.05, 0.1) is 19.8 Å². The molecule has 6 nitrogen and oxygen atoms in total. The largest absolute Gasteiger partial charge is 0.490 e. The molecule has 0 unspecified atom stereocenters. The summed E-state index contributed by atoms with van der Waals surface area (Å²) in [5.41, 5.74) is 0. The van der Waals surface area contributed by atoms with E-state index in [1.165, 1.54) is 0 Å². The number of hydrogen-bond donors (Lipinski definition) is 2. The van der Waals surface area contributed by atoms with E-state index in [2.05, 4.69) is 0 Å². The quantitative estimate of drug-likeness (QED) is 0.463. The van der Waals surface area contributed by atoms with Gasteiger partial charge in [-0.05, 0) is 12.8 Å². The van der Waals surface area contributed by atoms with Crippen LogP contribution in [-0.4, -0.2) is 48.2 Å². The van der Waals surface area contributed by atoms with Gasteiger partial charge in [-0.3, -0.25) is 0 Å². The number of aliphatic hydroxyl groups excluding tert-OH is 2. The summed E-state index contributed by atoms with van der Waals surface area (Å²) in [7, 11) is 0. The van der Waals surface area contributed by atoms with Crippen LogP contribution in [0.4, 0.5) is 0 Å². The lowest BCUT2D eigenvalue weighted by atomic mass is 10.2. The molecule has 0 aromatic carbocycles. The molecule has 1 rings (SSSR count). The minimum absolute atomic E-state index is 0.0204. The van der Waals surface area contributed by atoms with Crippen LogP contribution in [0.5, 0.6) is 0 Å². The van der Waals surface area contributed by atoms with Crippen LogP contribution in [0.25, 0.3) is 0 Å². The normalized spacial score (nSPS) is 20.0. The molecule has 6 heteroatoms. The third-order valence-electron chi connectivity index (χ3n) is 2.94. The first kappa shape index (κ1) is 16.8. The average Bonchev–Trinajstić information content (AvgIpc) is 2.76. The zero-order valence-corrected chi connectivity index (χ0v) is 12.1. The molecule has 0 radical (unpaired) electrons. The Morgan fingerprint density at radius 1 is 1.20 bits per heavy atom. The van der Waals surface area contributed by atoms with E-state index in [4.69, 9.17) is 19.3 Å². The van der Waals surface area contributed by atoms with E-state index in [1.54, 1.807) is 0 Å². The van der Waals surface area contributed by atoms with Gasteiger partial charge in [0, 0.05) is 0 Å². The van der Waals surface area contributed by atoms with Crippen molar-refractivity contribution >= 4 is 5.97 Å². The van der Waals surface area contributed by atoms with Crippen molar-refractivity contribution in [3.8, 4) is 0 Å². The zero-order chi connectivity index (χ0) is 15.0. The predicted octanol–water partition coefficient (Wildman–Crippen LogP) is 1.11. The molecule has 0 saturated carbocycles. The second-order valence-electron chi connectivity index (χ2n) is 4.67. The monoisotopic (exact) mass is 288 g/mol. The van der Waals surface area contributed by atoms with Gasteiger partial charge in [0.25, 0.3) is 0 Å². The minimum Gasteiger partial charge on any atom is -0.490 e. The number of hydrogen-bond acceptors (Lipinski definition) is 6. The van der Waals surface area contributed by atoms with Gasteiger partial charge in [0.15, 0.2) is 11.9 Å². The van der Waals surface area contributed by atoms with Crippen LogP contribution < -0.4 is 0 Å². The molecule has 0 fully saturated rings. The van der Waals surface area contributed by atoms with Crippen molar-refractivity contribution in [2.45, 2.75) is 51.7 Å². The highest BCUT2D eigenvalue weighted by Crippen LogP contribution is 2.27. The lowest BCUT2D eigenvalue weighted by molar-refractivity contribution is -0.148. The Kier molecular flexibility index (Phi) is 7.40. The highest BCUT2D eigenvalue weighted by molar-refractivity contribution is 5.89. The molecule has 0 bridgehead atoms. The van der Waals surface area contributed by atoms with Gasteiger partial charge in [0.1, 0.15) is 6.10 Å². The first-order valence-electron chi connectivity index (χ1n) is 7.15. The van der Waals surface area contributed by atoms with Crippen molar-refractivity contribution in [3.63, 3.8) is 0 Å². The van der Waals surface area contributed by atoms with Crippen LogP contribution in [0, 0.1) is 0 Å². The van der Waals surface area contributed by atoms with Gasteiger partial charge in [-0.1, -0.05) is 26.7 Å². The summed E-state index contributed by atoms with van der Waals surface area (Å²) >= 11 is 0. The molecule has 0 aromatic heterocycles. The van der Waals surface area contributed by atoms with Crippen LogP contribution >= 0.6 is 0 Å². The number of carbonyl (C=O) groups excluding carboxylic acids is 1. The molecular formula is C14H24O6. The maximum absolute atomic E-state index is 11.8. The predicted molar refractivity (Wildman–Crippen MR) is 71.7 cm³/mol. The fourth-order valence-electron chi connectivity index (χ4n) is 1.72. The van der Waals surface area contributed by atoms with Gasteiger partial charge in [0.2, 0.25) is 5.76 Å². The molecule has 2 N–H and O–H groups in total. The van der Waals surface area contributed by atoms with Crippen molar-refractivity contribution in [1.29, 1.82) is 0 Å². The highest BCUT2D eigenvalue weighted by atomic mass is 16.6. The number of rotatable bonds is 10. The summed E-state index contributed by atoms with van der Waals surface area (Å²) in [6, 6.07) is 0. The molecule has 1 aliphatic rings. The van der Waals surface area contributed by atoms with E-state index >= 15 is 0 Å². The van der Waals surface area contributed by atoms with E-state index in [-0.39, 0.29) is 11.5 Å². The molecule has 0 spiro atoms. The Balaban J connectivity index is 2.79. The van der Waals surface area contributed by atoms with Crippen molar-refractivity contribution in [3.05, 3.63) is 11.5 Å². The van der Waals surface area contributed by atoms with Crippen LogP contribution in [0.15, 0.2) is 11.5 Å². The zero-order valence-electron chi connectivity index (χ0n) is 12.1. The summed E-state index contributed by atoms with van der Waals surface area (Å²) in [6.45, 7) is 4.33. The number of cyclic esters (lactones) is 1. The average molecular weight is 288 g/mol. The number of ether oxygens (including phenoxy) is 3. The van der Waals surface area contributed by atoms with Crippen molar-refractivity contribution < 1.29 is 29.2 Å². The second-order valence-corrected chi connectivity index (χ2v) is 4.67. The molecule has 20 heavy (non-hydrogen) atoms. The fraction of sp³-hybridized carbons (Fsp3) is 0.786. The Morgan fingerprint density at radius 3 is 2.35 bits per heavy atom. The Morgan fingerprint density at radius 2 is 1.80 bits per heavy atom. The van der Waals surface area contributed by atoms with Crippen molar-refractivity contribution in [2.24, 2.45) is 0 Å². The minimum atomic E-state index is -1.21. The third-order valence-corrected chi connectivity index (χ3v) is 2.94. The van der Waals surface area contributed by atoms with Crippen LogP contribution in [-0.2, 0) is 19.0 Å². The van der Waals surface area contributed by atoms with Gasteiger partial charge in [-0.25, -0.2) is 4.79 Å². The molecule has 116 valence electrons. The first-order valence-corrected chi connectivity index (χ1v) is 7.15. The summed E-state index contributed by atoms with van der Waals surface area (Å²) in [6.07, 6.45) is 1.33. The Labute approximate surface area is 119 Å². The van der Waals surface area contributed by atoms with Crippen LogP contribution in [0.1, 0.15) is 39.5 Å². The van der Waals surface area contributed by atoms with Gasteiger partial charge >= 0.3 is 5.97 Å². The van der Waals surface area contributed by atoms with Crippen molar-refractivity contribution in [2.75, 3.05) is 19.8 Å². The van der Waals surface area contributed by atoms with Crippen LogP contribution in [0.2, 0.25) is 0 Å². The SMILES string of the molecule is CCCCOC1=C(OCCCC)[C@@H]([C@@H](O)CO)OC1=O. The smallest absolute Gasteiger partial charge is 0.378 e. The molecular weight excluding hydrogens is 264 g/mol. The number of aliphatic hydroxyl groups is 2. The van der Waals surface area contributed by atoms with E-state index in [1.807, 2.05) is 13.8 Å². The molecule has 2 atom stereocenters. The maximum atomic E-state index is 11.8. The fourth-order valence-corrected chi connectivity index (χ4v) is 1.72. The second kappa shape index (κ2) is 8.81. The summed E-state index contributed by atoms with van der Waals surface area (Å²) in [5, 5.41) is 18.7. The summed E-state index contributed by atoms with van der Waals surface area (Å²) in [5.74, 6) is -0.432. The molecule has 0 aliphatic carbocycles. The van der Waals surface area contributed by atoms with Crippen LogP contribution in [0.3, 0.4) is 0 Å². The molecule has 0 aromatic rings. The lowest BCUT2D eigenvalue weighted by Gasteiger charge is -2.18. The third kappa shape index (κ3) is 4.38. The van der Waals surface area contributed by atoms with E-state index < -0.39 is 24.8 Å². The maximum Gasteiger partial charge on any atom is 0.378 e. The first-order chi connectivity index (χ1) is 9.65. The number of unbranched alkanes of at least 4 members (excludes halogenated alkanes) is 2. The summed E-state index contributed by atoms with van der Waals surface area (Å²) in [4.78, 5) is 11.8. The lowest BCUT2D eigenvalue weighted by Crippen LogP contribution is -2.32. The molecule has 1 aliphatic heterocycles. The van der Waals surface area contributed by atoms with E-state index in [0.29, 0.717) is 13.2 Å². The van der Waals surface area contributed by atoms with Crippen molar-refractivity contribution in [1.82, 2.24) is 0 Å².